The summed E-state index contributed by atoms with van der Waals surface area (Å²) in [6.45, 7) is 0.597. The molecule has 0 aliphatic carbocycles. The predicted molar refractivity (Wildman–Crippen MR) is 145 cm³/mol. The number of rotatable bonds is 12. The molecule has 1 N–H and O–H groups in total. The second-order valence-electron chi connectivity index (χ2n) is 8.81. The molecule has 9 heteroatoms. The zero-order chi connectivity index (χ0) is 27.5. The van der Waals surface area contributed by atoms with Gasteiger partial charge in [-0.1, -0.05) is 18.6 Å². The summed E-state index contributed by atoms with van der Waals surface area (Å²) in [5, 5.41) is 12.7. The number of anilines is 1. The van der Waals surface area contributed by atoms with Gasteiger partial charge in [0.05, 0.1) is 13.7 Å². The molecule has 0 atom stereocenters. The maximum Gasteiger partial charge on any atom is 0.349 e. The highest BCUT2D eigenvalue weighted by molar-refractivity contribution is 5.98. The lowest BCUT2D eigenvalue weighted by Crippen LogP contribution is -2.29. The first-order chi connectivity index (χ1) is 18.3. The molecule has 0 spiro atoms. The van der Waals surface area contributed by atoms with Crippen molar-refractivity contribution in [2.45, 2.75) is 25.7 Å². The number of carbonyl (C=O) groups excluding carboxylic acids is 2. The Balaban J connectivity index is 1.36. The molecule has 0 saturated heterocycles. The van der Waals surface area contributed by atoms with E-state index in [1.807, 2.05) is 49.3 Å². The Kier molecular flexibility index (Phi) is 10.1. The molecule has 3 rings (SSSR count). The van der Waals surface area contributed by atoms with Crippen molar-refractivity contribution >= 4 is 34.6 Å². The monoisotopic (exact) mass is 517 g/mol. The van der Waals surface area contributed by atoms with Crippen LogP contribution in [0.1, 0.15) is 41.6 Å². The Morgan fingerprint density at radius 3 is 2.47 bits per heavy atom. The SMILES string of the molecule is COc1ccc2cc(C(=O)NCCCCCCOC(=O)/C(C#N)=C/c3ccc(N(C)C)cc3)c(=O)oc2c1. The summed E-state index contributed by atoms with van der Waals surface area (Å²) in [6, 6.07) is 15.9. The van der Waals surface area contributed by atoms with Gasteiger partial charge in [0.1, 0.15) is 28.5 Å². The number of benzene rings is 2. The maximum atomic E-state index is 12.4. The van der Waals surface area contributed by atoms with Crippen molar-refractivity contribution in [3.8, 4) is 11.8 Å². The van der Waals surface area contributed by atoms with Gasteiger partial charge in [0, 0.05) is 37.8 Å². The number of esters is 1. The molecule has 0 aliphatic heterocycles. The van der Waals surface area contributed by atoms with Crippen molar-refractivity contribution in [2.24, 2.45) is 0 Å². The van der Waals surface area contributed by atoms with Crippen molar-refractivity contribution in [1.82, 2.24) is 5.32 Å². The van der Waals surface area contributed by atoms with E-state index in [0.29, 0.717) is 36.1 Å². The van der Waals surface area contributed by atoms with E-state index < -0.39 is 17.5 Å². The van der Waals surface area contributed by atoms with E-state index in [1.165, 1.54) is 19.3 Å². The number of unbranched alkanes of at least 4 members (excludes halogenated alkanes) is 3. The van der Waals surface area contributed by atoms with E-state index in [2.05, 4.69) is 5.32 Å². The van der Waals surface area contributed by atoms with Crippen LogP contribution in [0.3, 0.4) is 0 Å². The van der Waals surface area contributed by atoms with E-state index >= 15 is 0 Å². The van der Waals surface area contributed by atoms with Crippen molar-refractivity contribution in [2.75, 3.05) is 39.3 Å². The first-order valence-electron chi connectivity index (χ1n) is 12.3. The molecule has 0 fully saturated rings. The summed E-state index contributed by atoms with van der Waals surface area (Å²) in [4.78, 5) is 38.8. The van der Waals surface area contributed by atoms with Gasteiger partial charge in [-0.15, -0.1) is 0 Å². The number of amides is 1. The number of nitriles is 1. The van der Waals surface area contributed by atoms with Crippen LogP contribution in [0.2, 0.25) is 0 Å². The van der Waals surface area contributed by atoms with E-state index in [-0.39, 0.29) is 17.7 Å². The zero-order valence-electron chi connectivity index (χ0n) is 21.8. The van der Waals surface area contributed by atoms with Crippen LogP contribution in [0.5, 0.6) is 5.75 Å². The highest BCUT2D eigenvalue weighted by atomic mass is 16.5. The number of hydrogen-bond acceptors (Lipinski definition) is 8. The van der Waals surface area contributed by atoms with Gasteiger partial charge >= 0.3 is 11.6 Å². The molecule has 1 amide bonds. The maximum absolute atomic E-state index is 12.4. The molecule has 38 heavy (non-hydrogen) atoms. The number of nitrogens with zero attached hydrogens (tertiary/aromatic N) is 2. The van der Waals surface area contributed by atoms with Crippen molar-refractivity contribution in [3.63, 3.8) is 0 Å². The van der Waals surface area contributed by atoms with Gasteiger partial charge < -0.3 is 24.1 Å². The van der Waals surface area contributed by atoms with Crippen molar-refractivity contribution < 1.29 is 23.5 Å². The quantitative estimate of drug-likeness (QED) is 0.124. The minimum atomic E-state index is -0.707. The van der Waals surface area contributed by atoms with E-state index in [1.54, 1.807) is 18.2 Å². The fourth-order valence-corrected chi connectivity index (χ4v) is 3.67. The first kappa shape index (κ1) is 28.0. The molecule has 0 radical (unpaired) electrons. The molecule has 0 saturated carbocycles. The van der Waals surface area contributed by atoms with Crippen LogP contribution in [0.4, 0.5) is 5.69 Å². The fourth-order valence-electron chi connectivity index (χ4n) is 3.67. The third kappa shape index (κ3) is 7.71. The molecule has 9 nitrogen and oxygen atoms in total. The number of methoxy groups -OCH3 is 1. The van der Waals surface area contributed by atoms with Gasteiger partial charge in [-0.3, -0.25) is 4.79 Å². The van der Waals surface area contributed by atoms with Crippen LogP contribution in [-0.4, -0.2) is 46.2 Å². The standard InChI is InChI=1S/C29H31N3O6/c1-32(2)23-11-8-20(9-12-23)16-22(19-30)28(34)37-15-7-5-4-6-14-31-27(33)25-17-21-10-13-24(36-3)18-26(21)38-29(25)35/h8-13,16-18H,4-7,14-15H2,1-3H3,(H,31,33)/b22-16+. The lowest BCUT2D eigenvalue weighted by molar-refractivity contribution is -0.138. The normalized spacial score (nSPS) is 11.1. The summed E-state index contributed by atoms with van der Waals surface area (Å²) in [6.07, 6.45) is 4.41. The molecular formula is C29H31N3O6. The average Bonchev–Trinajstić information content (AvgIpc) is 2.92. The average molecular weight is 518 g/mol. The molecule has 0 unspecified atom stereocenters. The Morgan fingerprint density at radius 1 is 1.05 bits per heavy atom. The zero-order valence-corrected chi connectivity index (χ0v) is 21.8. The Labute approximate surface area is 221 Å². The Bertz CT molecular complexity index is 1400. The molecule has 2 aromatic carbocycles. The second-order valence-corrected chi connectivity index (χ2v) is 8.81. The molecular weight excluding hydrogens is 486 g/mol. The molecule has 1 heterocycles. The smallest absolute Gasteiger partial charge is 0.349 e. The molecule has 0 aliphatic rings. The van der Waals surface area contributed by atoms with Crippen LogP contribution in [0, 0.1) is 11.3 Å². The topological polar surface area (TPSA) is 122 Å². The summed E-state index contributed by atoms with van der Waals surface area (Å²) in [5.41, 5.74) is 1.30. The van der Waals surface area contributed by atoms with Gasteiger partial charge in [0.25, 0.3) is 5.91 Å². The summed E-state index contributed by atoms with van der Waals surface area (Å²) >= 11 is 0. The third-order valence-electron chi connectivity index (χ3n) is 5.84. The molecule has 198 valence electrons. The van der Waals surface area contributed by atoms with Gasteiger partial charge in [-0.2, -0.15) is 5.26 Å². The number of ether oxygens (including phenoxy) is 2. The summed E-state index contributed by atoms with van der Waals surface area (Å²) in [5.74, 6) is -0.581. The van der Waals surface area contributed by atoms with Crippen molar-refractivity contribution in [3.05, 3.63) is 75.7 Å². The van der Waals surface area contributed by atoms with E-state index in [0.717, 1.165) is 24.1 Å². The van der Waals surface area contributed by atoms with Gasteiger partial charge in [0.2, 0.25) is 0 Å². The number of fused-ring (bicyclic) bond motifs is 1. The van der Waals surface area contributed by atoms with Crippen LogP contribution in [-0.2, 0) is 9.53 Å². The highest BCUT2D eigenvalue weighted by Crippen LogP contribution is 2.20. The minimum absolute atomic E-state index is 0.0513. The van der Waals surface area contributed by atoms with Gasteiger partial charge in [-0.05, 0) is 61.2 Å². The predicted octanol–water partition coefficient (Wildman–Crippen LogP) is 4.31. The van der Waals surface area contributed by atoms with E-state index in [9.17, 15) is 19.6 Å². The Hall–Kier alpha value is -4.58. The molecule has 0 bridgehead atoms. The Morgan fingerprint density at radius 2 is 1.79 bits per heavy atom. The lowest BCUT2D eigenvalue weighted by atomic mass is 10.1. The lowest BCUT2D eigenvalue weighted by Gasteiger charge is -2.11. The van der Waals surface area contributed by atoms with Gasteiger partial charge in [-0.25, -0.2) is 9.59 Å². The first-order valence-corrected chi connectivity index (χ1v) is 12.3. The largest absolute Gasteiger partial charge is 0.497 e. The minimum Gasteiger partial charge on any atom is -0.497 e. The van der Waals surface area contributed by atoms with Crippen molar-refractivity contribution in [1.29, 1.82) is 5.26 Å². The molecule has 3 aromatic rings. The number of nitrogens with one attached hydrogen (secondary N) is 1. The third-order valence-corrected chi connectivity index (χ3v) is 5.84. The summed E-state index contributed by atoms with van der Waals surface area (Å²) in [7, 11) is 5.38. The van der Waals surface area contributed by atoms with Gasteiger partial charge in [0.15, 0.2) is 0 Å². The van der Waals surface area contributed by atoms with Crippen LogP contribution in [0.15, 0.2) is 63.3 Å². The molecule has 1 aromatic heterocycles. The fraction of sp³-hybridized carbons (Fsp3) is 0.310. The van der Waals surface area contributed by atoms with Crippen LogP contribution < -0.4 is 20.6 Å². The van der Waals surface area contributed by atoms with E-state index in [4.69, 9.17) is 13.9 Å². The van der Waals surface area contributed by atoms with Crippen LogP contribution in [0.25, 0.3) is 17.0 Å². The number of hydrogen-bond donors (Lipinski definition) is 1. The number of carbonyl (C=O) groups is 2. The second kappa shape index (κ2) is 13.7. The highest BCUT2D eigenvalue weighted by Gasteiger charge is 2.14. The van der Waals surface area contributed by atoms with Crippen LogP contribution >= 0.6 is 0 Å². The summed E-state index contributed by atoms with van der Waals surface area (Å²) < 4.78 is 15.6.